The van der Waals surface area contributed by atoms with Crippen LogP contribution < -0.4 is 0 Å². The van der Waals surface area contributed by atoms with E-state index in [1.807, 2.05) is 36.4 Å². The largest absolute Gasteiger partial charge is 0.377 e. The van der Waals surface area contributed by atoms with Crippen molar-refractivity contribution < 1.29 is 13.2 Å². The van der Waals surface area contributed by atoms with E-state index in [2.05, 4.69) is 0 Å². The predicted molar refractivity (Wildman–Crippen MR) is 89.5 cm³/mol. The summed E-state index contributed by atoms with van der Waals surface area (Å²) >= 11 is 0. The third-order valence-electron chi connectivity index (χ3n) is 4.01. The molecule has 0 amide bonds. The molecule has 1 unspecified atom stereocenters. The Balaban J connectivity index is 1.87. The van der Waals surface area contributed by atoms with Crippen LogP contribution in [0.15, 0.2) is 65.6 Å². The lowest BCUT2D eigenvalue weighted by molar-refractivity contribution is 0.0926. The van der Waals surface area contributed by atoms with E-state index in [0.29, 0.717) is 18.0 Å². The number of benzene rings is 2. The zero-order valence-corrected chi connectivity index (χ0v) is 13.8. The molecular formula is C18H21NO3S. The van der Waals surface area contributed by atoms with Crippen LogP contribution in [0.1, 0.15) is 18.4 Å². The standard InChI is InChI=1S/C18H21NO3S/c20-23(21,18-11-5-2-6-12-18)19(15-17-10-7-13-22-17)14-16-8-3-1-4-9-16/h1-6,8-9,11-12,17H,7,10,13-15H2. The van der Waals surface area contributed by atoms with Crippen molar-refractivity contribution in [2.75, 3.05) is 13.2 Å². The van der Waals surface area contributed by atoms with Gasteiger partial charge in [0.2, 0.25) is 10.0 Å². The van der Waals surface area contributed by atoms with Gasteiger partial charge in [0.15, 0.2) is 0 Å². The fourth-order valence-corrected chi connectivity index (χ4v) is 4.27. The number of nitrogens with zero attached hydrogens (tertiary/aromatic N) is 1. The molecule has 3 rings (SSSR count). The van der Waals surface area contributed by atoms with E-state index in [1.165, 1.54) is 4.31 Å². The van der Waals surface area contributed by atoms with Gasteiger partial charge < -0.3 is 4.74 Å². The van der Waals surface area contributed by atoms with Crippen molar-refractivity contribution in [2.24, 2.45) is 0 Å². The highest BCUT2D eigenvalue weighted by molar-refractivity contribution is 7.89. The summed E-state index contributed by atoms with van der Waals surface area (Å²) in [7, 11) is -3.53. The van der Waals surface area contributed by atoms with Gasteiger partial charge in [-0.15, -0.1) is 0 Å². The average molecular weight is 331 g/mol. The summed E-state index contributed by atoms with van der Waals surface area (Å²) in [5.74, 6) is 0. The van der Waals surface area contributed by atoms with Gasteiger partial charge in [-0.2, -0.15) is 4.31 Å². The lowest BCUT2D eigenvalue weighted by Crippen LogP contribution is -2.36. The summed E-state index contributed by atoms with van der Waals surface area (Å²) in [6.45, 7) is 1.47. The first-order chi connectivity index (χ1) is 11.2. The molecule has 23 heavy (non-hydrogen) atoms. The van der Waals surface area contributed by atoms with E-state index in [1.54, 1.807) is 24.3 Å². The Morgan fingerprint density at radius 3 is 2.26 bits per heavy atom. The Bertz CT molecular complexity index is 710. The molecule has 0 radical (unpaired) electrons. The molecule has 0 bridgehead atoms. The fourth-order valence-electron chi connectivity index (χ4n) is 2.79. The molecule has 2 aromatic rings. The highest BCUT2D eigenvalue weighted by atomic mass is 32.2. The van der Waals surface area contributed by atoms with Gasteiger partial charge in [0.1, 0.15) is 0 Å². The maximum Gasteiger partial charge on any atom is 0.243 e. The molecule has 1 atom stereocenters. The van der Waals surface area contributed by atoms with Crippen LogP contribution in [0.25, 0.3) is 0 Å². The number of hydrogen-bond acceptors (Lipinski definition) is 3. The molecule has 4 nitrogen and oxygen atoms in total. The van der Waals surface area contributed by atoms with Gasteiger partial charge in [-0.25, -0.2) is 8.42 Å². The zero-order chi connectivity index (χ0) is 16.1. The summed E-state index contributed by atoms with van der Waals surface area (Å²) in [5.41, 5.74) is 0.977. The van der Waals surface area contributed by atoms with Crippen molar-refractivity contribution in [3.63, 3.8) is 0 Å². The highest BCUT2D eigenvalue weighted by Gasteiger charge is 2.29. The summed E-state index contributed by atoms with van der Waals surface area (Å²) in [4.78, 5) is 0.328. The molecule has 2 aromatic carbocycles. The topological polar surface area (TPSA) is 46.6 Å². The zero-order valence-electron chi connectivity index (χ0n) is 13.0. The van der Waals surface area contributed by atoms with Crippen molar-refractivity contribution in [2.45, 2.75) is 30.4 Å². The lowest BCUT2D eigenvalue weighted by atomic mass is 10.2. The second-order valence-corrected chi connectivity index (χ2v) is 7.67. The van der Waals surface area contributed by atoms with Gasteiger partial charge in [-0.05, 0) is 30.5 Å². The number of rotatable bonds is 6. The molecule has 0 spiro atoms. The monoisotopic (exact) mass is 331 g/mol. The second kappa shape index (κ2) is 7.25. The van der Waals surface area contributed by atoms with Crippen molar-refractivity contribution in [1.29, 1.82) is 0 Å². The van der Waals surface area contributed by atoms with Crippen LogP contribution in [0.2, 0.25) is 0 Å². The van der Waals surface area contributed by atoms with Gasteiger partial charge in [-0.1, -0.05) is 48.5 Å². The van der Waals surface area contributed by atoms with E-state index >= 15 is 0 Å². The molecule has 0 aromatic heterocycles. The van der Waals surface area contributed by atoms with E-state index < -0.39 is 10.0 Å². The van der Waals surface area contributed by atoms with Gasteiger partial charge in [0.25, 0.3) is 0 Å². The van der Waals surface area contributed by atoms with Gasteiger partial charge >= 0.3 is 0 Å². The molecular weight excluding hydrogens is 310 g/mol. The summed E-state index contributed by atoms with van der Waals surface area (Å²) < 4.78 is 33.2. The molecule has 0 aliphatic carbocycles. The summed E-state index contributed by atoms with van der Waals surface area (Å²) in [6.07, 6.45) is 1.89. The molecule has 1 aliphatic heterocycles. The van der Waals surface area contributed by atoms with Crippen LogP contribution in [-0.4, -0.2) is 32.0 Å². The van der Waals surface area contributed by atoms with Gasteiger partial charge in [0.05, 0.1) is 11.0 Å². The SMILES string of the molecule is O=S(=O)(c1ccccc1)N(Cc1ccccc1)CC1CCCO1. The van der Waals surface area contributed by atoms with Crippen LogP contribution in [0.5, 0.6) is 0 Å². The number of hydrogen-bond donors (Lipinski definition) is 0. The smallest absolute Gasteiger partial charge is 0.243 e. The van der Waals surface area contributed by atoms with Crippen molar-refractivity contribution in [3.8, 4) is 0 Å². The predicted octanol–water partition coefficient (Wildman–Crippen LogP) is 3.06. The van der Waals surface area contributed by atoms with Crippen LogP contribution in [-0.2, 0) is 21.3 Å². The van der Waals surface area contributed by atoms with Crippen molar-refractivity contribution in [3.05, 3.63) is 66.2 Å². The number of sulfonamides is 1. The normalized spacial score (nSPS) is 18.4. The van der Waals surface area contributed by atoms with Gasteiger partial charge in [0, 0.05) is 19.7 Å². The third kappa shape index (κ3) is 3.99. The van der Waals surface area contributed by atoms with E-state index in [-0.39, 0.29) is 6.10 Å². The Kier molecular flexibility index (Phi) is 5.10. The molecule has 0 saturated carbocycles. The minimum absolute atomic E-state index is 0.0165. The first-order valence-corrected chi connectivity index (χ1v) is 9.31. The fraction of sp³-hybridized carbons (Fsp3) is 0.333. The summed E-state index contributed by atoms with van der Waals surface area (Å²) in [6, 6.07) is 18.3. The Morgan fingerprint density at radius 1 is 1.00 bits per heavy atom. The first kappa shape index (κ1) is 16.2. The number of ether oxygens (including phenoxy) is 1. The molecule has 1 saturated heterocycles. The molecule has 1 fully saturated rings. The molecule has 0 N–H and O–H groups in total. The van der Waals surface area contributed by atoms with E-state index in [9.17, 15) is 8.42 Å². The first-order valence-electron chi connectivity index (χ1n) is 7.87. The Hall–Kier alpha value is -1.69. The Labute approximate surface area is 137 Å². The maximum atomic E-state index is 13.0. The maximum absolute atomic E-state index is 13.0. The highest BCUT2D eigenvalue weighted by Crippen LogP contribution is 2.22. The summed E-state index contributed by atoms with van der Waals surface area (Å²) in [5, 5.41) is 0. The Morgan fingerprint density at radius 2 is 1.65 bits per heavy atom. The van der Waals surface area contributed by atoms with Crippen LogP contribution in [0, 0.1) is 0 Å². The van der Waals surface area contributed by atoms with Crippen molar-refractivity contribution >= 4 is 10.0 Å². The minimum atomic E-state index is -3.53. The molecule has 5 heteroatoms. The minimum Gasteiger partial charge on any atom is -0.377 e. The molecule has 122 valence electrons. The molecule has 1 heterocycles. The van der Waals surface area contributed by atoms with E-state index in [0.717, 1.165) is 25.0 Å². The van der Waals surface area contributed by atoms with Crippen LogP contribution >= 0.6 is 0 Å². The third-order valence-corrected chi connectivity index (χ3v) is 5.84. The lowest BCUT2D eigenvalue weighted by Gasteiger charge is -2.25. The quantitative estimate of drug-likeness (QED) is 0.817. The molecule has 1 aliphatic rings. The second-order valence-electron chi connectivity index (χ2n) is 5.73. The van der Waals surface area contributed by atoms with Crippen LogP contribution in [0.3, 0.4) is 0 Å². The van der Waals surface area contributed by atoms with Crippen LogP contribution in [0.4, 0.5) is 0 Å². The van der Waals surface area contributed by atoms with E-state index in [4.69, 9.17) is 4.74 Å². The average Bonchev–Trinajstić information content (AvgIpc) is 3.09. The van der Waals surface area contributed by atoms with Gasteiger partial charge in [-0.3, -0.25) is 0 Å². The van der Waals surface area contributed by atoms with Crippen molar-refractivity contribution in [1.82, 2.24) is 4.31 Å².